The second-order valence-corrected chi connectivity index (χ2v) is 4.81. The maximum absolute atomic E-state index is 11.8. The molecule has 0 saturated carbocycles. The van der Waals surface area contributed by atoms with Gasteiger partial charge in [-0.2, -0.15) is 0 Å². The van der Waals surface area contributed by atoms with Crippen LogP contribution in [0.3, 0.4) is 0 Å². The molecule has 0 unspecified atom stereocenters. The average molecular weight is 264 g/mol. The van der Waals surface area contributed by atoms with E-state index in [0.717, 1.165) is 12.1 Å². The first kappa shape index (κ1) is 15.2. The van der Waals surface area contributed by atoms with Crippen molar-refractivity contribution in [3.8, 4) is 0 Å². The molecular formula is C14H20N2O3. The Labute approximate surface area is 113 Å². The van der Waals surface area contributed by atoms with Gasteiger partial charge in [-0.3, -0.25) is 4.79 Å². The molecule has 0 bridgehead atoms. The summed E-state index contributed by atoms with van der Waals surface area (Å²) in [7, 11) is 5.61. The van der Waals surface area contributed by atoms with Crippen molar-refractivity contribution < 1.29 is 14.7 Å². The summed E-state index contributed by atoms with van der Waals surface area (Å²) in [6.07, 6.45) is 0.483. The zero-order valence-corrected chi connectivity index (χ0v) is 11.6. The SMILES string of the molecule is CN(C)CCC(=O)N(C)Cc1ccc(C(=O)O)cc1. The number of hydrogen-bond donors (Lipinski definition) is 1. The van der Waals surface area contributed by atoms with E-state index in [1.54, 1.807) is 36.2 Å². The largest absolute Gasteiger partial charge is 0.478 e. The number of carbonyl (C=O) groups is 2. The lowest BCUT2D eigenvalue weighted by molar-refractivity contribution is -0.130. The Kier molecular flexibility index (Phi) is 5.51. The standard InChI is InChI=1S/C14H20N2O3/c1-15(2)9-8-13(17)16(3)10-11-4-6-12(7-5-11)14(18)19/h4-7H,8-10H2,1-3H3,(H,18,19). The van der Waals surface area contributed by atoms with Crippen LogP contribution in [0.15, 0.2) is 24.3 Å². The van der Waals surface area contributed by atoms with E-state index < -0.39 is 5.97 Å². The lowest BCUT2D eigenvalue weighted by Gasteiger charge is -2.18. The number of hydrogen-bond acceptors (Lipinski definition) is 3. The van der Waals surface area contributed by atoms with Crippen LogP contribution in [0, 0.1) is 0 Å². The summed E-state index contributed by atoms with van der Waals surface area (Å²) in [5.41, 5.74) is 1.18. The fourth-order valence-electron chi connectivity index (χ4n) is 1.62. The van der Waals surface area contributed by atoms with Crippen LogP contribution in [-0.2, 0) is 11.3 Å². The fourth-order valence-corrected chi connectivity index (χ4v) is 1.62. The van der Waals surface area contributed by atoms with Crippen LogP contribution in [0.1, 0.15) is 22.3 Å². The molecule has 104 valence electrons. The van der Waals surface area contributed by atoms with Crippen molar-refractivity contribution >= 4 is 11.9 Å². The van der Waals surface area contributed by atoms with Gasteiger partial charge in [0.05, 0.1) is 5.56 Å². The molecule has 0 heterocycles. The van der Waals surface area contributed by atoms with E-state index in [9.17, 15) is 9.59 Å². The second-order valence-electron chi connectivity index (χ2n) is 4.81. The summed E-state index contributed by atoms with van der Waals surface area (Å²) in [4.78, 5) is 26.2. The van der Waals surface area contributed by atoms with E-state index in [-0.39, 0.29) is 11.5 Å². The Morgan fingerprint density at radius 3 is 2.16 bits per heavy atom. The number of carboxylic acid groups (broad SMARTS) is 1. The number of carboxylic acids is 1. The molecular weight excluding hydrogens is 244 g/mol. The molecule has 0 aromatic heterocycles. The maximum Gasteiger partial charge on any atom is 0.335 e. The molecule has 0 aliphatic heterocycles. The van der Waals surface area contributed by atoms with Gasteiger partial charge in [0, 0.05) is 26.6 Å². The third-order valence-electron chi connectivity index (χ3n) is 2.82. The Bertz CT molecular complexity index is 441. The molecule has 0 saturated heterocycles. The molecule has 19 heavy (non-hydrogen) atoms. The van der Waals surface area contributed by atoms with Crippen molar-refractivity contribution in [2.24, 2.45) is 0 Å². The summed E-state index contributed by atoms with van der Waals surface area (Å²) >= 11 is 0. The van der Waals surface area contributed by atoms with Gasteiger partial charge in [-0.1, -0.05) is 12.1 Å². The maximum atomic E-state index is 11.8. The highest BCUT2D eigenvalue weighted by molar-refractivity contribution is 5.87. The van der Waals surface area contributed by atoms with Crippen LogP contribution < -0.4 is 0 Å². The van der Waals surface area contributed by atoms with Crippen molar-refractivity contribution in [2.45, 2.75) is 13.0 Å². The zero-order chi connectivity index (χ0) is 14.4. The van der Waals surface area contributed by atoms with E-state index in [2.05, 4.69) is 0 Å². The lowest BCUT2D eigenvalue weighted by Crippen LogP contribution is -2.29. The van der Waals surface area contributed by atoms with Crippen LogP contribution in [-0.4, -0.2) is 54.5 Å². The molecule has 5 heteroatoms. The Morgan fingerprint density at radius 1 is 1.11 bits per heavy atom. The van der Waals surface area contributed by atoms with Crippen LogP contribution in [0.25, 0.3) is 0 Å². The topological polar surface area (TPSA) is 60.9 Å². The number of carbonyl (C=O) groups excluding carboxylic acids is 1. The zero-order valence-electron chi connectivity index (χ0n) is 11.6. The number of rotatable bonds is 6. The van der Waals surface area contributed by atoms with Crippen LogP contribution in [0.5, 0.6) is 0 Å². The molecule has 0 atom stereocenters. The van der Waals surface area contributed by atoms with Gasteiger partial charge in [0.2, 0.25) is 5.91 Å². The third kappa shape index (κ3) is 5.09. The summed E-state index contributed by atoms with van der Waals surface area (Å²) in [5.74, 6) is -0.863. The monoisotopic (exact) mass is 264 g/mol. The summed E-state index contributed by atoms with van der Waals surface area (Å²) in [6, 6.07) is 6.57. The highest BCUT2D eigenvalue weighted by atomic mass is 16.4. The van der Waals surface area contributed by atoms with E-state index in [0.29, 0.717) is 13.0 Å². The first-order chi connectivity index (χ1) is 8.90. The van der Waals surface area contributed by atoms with Crippen molar-refractivity contribution in [3.63, 3.8) is 0 Å². The fraction of sp³-hybridized carbons (Fsp3) is 0.429. The van der Waals surface area contributed by atoms with Crippen LogP contribution in [0.2, 0.25) is 0 Å². The highest BCUT2D eigenvalue weighted by Gasteiger charge is 2.10. The van der Waals surface area contributed by atoms with Crippen LogP contribution in [0.4, 0.5) is 0 Å². The average Bonchev–Trinajstić information content (AvgIpc) is 2.36. The normalized spacial score (nSPS) is 10.5. The van der Waals surface area contributed by atoms with Crippen molar-refractivity contribution in [2.75, 3.05) is 27.7 Å². The molecule has 1 N–H and O–H groups in total. The molecule has 1 amide bonds. The molecule has 5 nitrogen and oxygen atoms in total. The van der Waals surface area contributed by atoms with E-state index in [4.69, 9.17) is 5.11 Å². The minimum absolute atomic E-state index is 0.0796. The molecule has 0 aliphatic rings. The quantitative estimate of drug-likeness (QED) is 0.841. The minimum Gasteiger partial charge on any atom is -0.478 e. The number of aromatic carboxylic acids is 1. The van der Waals surface area contributed by atoms with Gasteiger partial charge in [-0.05, 0) is 31.8 Å². The minimum atomic E-state index is -0.943. The van der Waals surface area contributed by atoms with Gasteiger partial charge >= 0.3 is 5.97 Å². The smallest absolute Gasteiger partial charge is 0.335 e. The predicted octanol–water partition coefficient (Wildman–Crippen LogP) is 1.29. The summed E-state index contributed by atoms with van der Waals surface area (Å²) in [6.45, 7) is 1.22. The van der Waals surface area contributed by atoms with Crippen molar-refractivity contribution in [1.29, 1.82) is 0 Å². The van der Waals surface area contributed by atoms with Gasteiger partial charge in [0.1, 0.15) is 0 Å². The molecule has 1 rings (SSSR count). The molecule has 0 radical (unpaired) electrons. The van der Waals surface area contributed by atoms with Gasteiger partial charge in [0.15, 0.2) is 0 Å². The molecule has 1 aromatic rings. The van der Waals surface area contributed by atoms with Crippen molar-refractivity contribution in [3.05, 3.63) is 35.4 Å². The Balaban J connectivity index is 2.54. The number of nitrogens with zero attached hydrogens (tertiary/aromatic N) is 2. The Morgan fingerprint density at radius 2 is 1.68 bits per heavy atom. The third-order valence-corrected chi connectivity index (χ3v) is 2.82. The summed E-state index contributed by atoms with van der Waals surface area (Å²) in [5, 5.41) is 8.80. The van der Waals surface area contributed by atoms with Gasteiger partial charge in [0.25, 0.3) is 0 Å². The first-order valence-corrected chi connectivity index (χ1v) is 6.11. The molecule has 0 spiro atoms. The number of amides is 1. The van der Waals surface area contributed by atoms with Crippen molar-refractivity contribution in [1.82, 2.24) is 9.80 Å². The van der Waals surface area contributed by atoms with Gasteiger partial charge < -0.3 is 14.9 Å². The Hall–Kier alpha value is -1.88. The van der Waals surface area contributed by atoms with E-state index >= 15 is 0 Å². The van der Waals surface area contributed by atoms with Gasteiger partial charge in [-0.15, -0.1) is 0 Å². The van der Waals surface area contributed by atoms with E-state index in [1.807, 2.05) is 19.0 Å². The second kappa shape index (κ2) is 6.89. The molecule has 0 fully saturated rings. The first-order valence-electron chi connectivity index (χ1n) is 6.11. The summed E-state index contributed by atoms with van der Waals surface area (Å²) < 4.78 is 0. The molecule has 0 aliphatic carbocycles. The lowest BCUT2D eigenvalue weighted by atomic mass is 10.1. The van der Waals surface area contributed by atoms with Gasteiger partial charge in [-0.25, -0.2) is 4.79 Å². The highest BCUT2D eigenvalue weighted by Crippen LogP contribution is 2.07. The van der Waals surface area contributed by atoms with Crippen LogP contribution >= 0.6 is 0 Å². The van der Waals surface area contributed by atoms with E-state index in [1.165, 1.54) is 0 Å². The molecule has 1 aromatic carbocycles. The predicted molar refractivity (Wildman–Crippen MR) is 73.0 cm³/mol. The number of benzene rings is 1.